The third-order valence-electron chi connectivity index (χ3n) is 4.62. The molecule has 1 aliphatic rings. The van der Waals surface area contributed by atoms with Crippen LogP contribution in [0, 0.1) is 27.3 Å². The molecule has 0 saturated carbocycles. The Labute approximate surface area is 134 Å². The fourth-order valence-electron chi connectivity index (χ4n) is 3.05. The summed E-state index contributed by atoms with van der Waals surface area (Å²) in [4.78, 5) is 23.9. The van der Waals surface area contributed by atoms with Crippen LogP contribution in [0.4, 0.5) is 10.1 Å². The molecular weight excluding hydrogens is 303 g/mol. The van der Waals surface area contributed by atoms with Crippen molar-refractivity contribution in [3.63, 3.8) is 0 Å². The van der Waals surface area contributed by atoms with Crippen molar-refractivity contribution in [3.8, 4) is 0 Å². The summed E-state index contributed by atoms with van der Waals surface area (Å²) in [5.41, 5.74) is -0.394. The number of ether oxygens (including phenoxy) is 1. The lowest BCUT2D eigenvalue weighted by molar-refractivity contribution is -0.387. The second-order valence-electron chi connectivity index (χ2n) is 6.48. The van der Waals surface area contributed by atoms with Crippen LogP contribution < -0.4 is 0 Å². The molecule has 1 fully saturated rings. The van der Waals surface area contributed by atoms with Gasteiger partial charge in [-0.15, -0.1) is 0 Å². The molecule has 0 amide bonds. The quantitative estimate of drug-likeness (QED) is 0.473. The van der Waals surface area contributed by atoms with Crippen LogP contribution in [0.3, 0.4) is 0 Å². The second-order valence-corrected chi connectivity index (χ2v) is 6.48. The SMILES string of the molecule is COC(=O)C(C)(C)C1CCN(Cc2ccc([N+](=O)[O-])c(F)c2)C1. The molecule has 2 rings (SSSR count). The van der Waals surface area contributed by atoms with Crippen molar-refractivity contribution >= 4 is 11.7 Å². The number of hydrogen-bond acceptors (Lipinski definition) is 5. The smallest absolute Gasteiger partial charge is 0.311 e. The molecule has 0 bridgehead atoms. The Kier molecular flexibility index (Phi) is 4.99. The molecule has 0 N–H and O–H groups in total. The molecule has 1 heterocycles. The number of carbonyl (C=O) groups is 1. The van der Waals surface area contributed by atoms with E-state index in [0.29, 0.717) is 18.7 Å². The average molecular weight is 324 g/mol. The topological polar surface area (TPSA) is 72.7 Å². The average Bonchev–Trinajstić information content (AvgIpc) is 2.95. The lowest BCUT2D eigenvalue weighted by Crippen LogP contribution is -2.35. The molecule has 1 aliphatic heterocycles. The van der Waals surface area contributed by atoms with Gasteiger partial charge >= 0.3 is 11.7 Å². The largest absolute Gasteiger partial charge is 0.469 e. The summed E-state index contributed by atoms with van der Waals surface area (Å²) in [5.74, 6) is -0.887. The van der Waals surface area contributed by atoms with Gasteiger partial charge in [-0.25, -0.2) is 0 Å². The van der Waals surface area contributed by atoms with E-state index in [1.165, 1.54) is 19.2 Å². The van der Waals surface area contributed by atoms with Crippen LogP contribution in [-0.4, -0.2) is 36.0 Å². The Bertz CT molecular complexity index is 618. The molecule has 6 nitrogen and oxygen atoms in total. The Balaban J connectivity index is 2.02. The summed E-state index contributed by atoms with van der Waals surface area (Å²) in [6, 6.07) is 3.97. The van der Waals surface area contributed by atoms with Gasteiger partial charge in [-0.1, -0.05) is 6.07 Å². The van der Waals surface area contributed by atoms with Crippen LogP contribution in [0.15, 0.2) is 18.2 Å². The first-order valence-corrected chi connectivity index (χ1v) is 7.49. The summed E-state index contributed by atoms with van der Waals surface area (Å²) in [7, 11) is 1.39. The van der Waals surface area contributed by atoms with Gasteiger partial charge in [0.25, 0.3) is 0 Å². The predicted octanol–water partition coefficient (Wildman–Crippen LogP) is 2.76. The van der Waals surface area contributed by atoms with E-state index in [0.717, 1.165) is 13.0 Å². The number of nitrogens with zero attached hydrogens (tertiary/aromatic N) is 2. The van der Waals surface area contributed by atoms with E-state index in [2.05, 4.69) is 4.90 Å². The highest BCUT2D eigenvalue weighted by molar-refractivity contribution is 5.76. The number of benzene rings is 1. The van der Waals surface area contributed by atoms with Crippen LogP contribution in [0.2, 0.25) is 0 Å². The van der Waals surface area contributed by atoms with Crippen molar-refractivity contribution < 1.29 is 18.8 Å². The monoisotopic (exact) mass is 324 g/mol. The molecule has 7 heteroatoms. The number of methoxy groups -OCH3 is 1. The minimum absolute atomic E-state index is 0.165. The van der Waals surface area contributed by atoms with Crippen molar-refractivity contribution in [1.29, 1.82) is 0 Å². The van der Waals surface area contributed by atoms with E-state index in [-0.39, 0.29) is 11.9 Å². The Hall–Kier alpha value is -2.02. The van der Waals surface area contributed by atoms with Crippen LogP contribution in [-0.2, 0) is 16.1 Å². The van der Waals surface area contributed by atoms with E-state index >= 15 is 0 Å². The zero-order valence-corrected chi connectivity index (χ0v) is 13.5. The lowest BCUT2D eigenvalue weighted by atomic mass is 9.78. The number of nitro benzene ring substituents is 1. The van der Waals surface area contributed by atoms with Crippen molar-refractivity contribution in [2.24, 2.45) is 11.3 Å². The van der Waals surface area contributed by atoms with E-state index in [1.807, 2.05) is 13.8 Å². The number of carbonyl (C=O) groups excluding carboxylic acids is 1. The van der Waals surface area contributed by atoms with Gasteiger partial charge in [0.1, 0.15) is 0 Å². The number of rotatable bonds is 5. The second kappa shape index (κ2) is 6.62. The molecule has 0 aromatic heterocycles. The maximum atomic E-state index is 13.7. The van der Waals surface area contributed by atoms with Gasteiger partial charge in [0.2, 0.25) is 5.82 Å². The molecule has 1 saturated heterocycles. The minimum Gasteiger partial charge on any atom is -0.469 e. The first-order chi connectivity index (χ1) is 10.8. The molecule has 0 spiro atoms. The highest BCUT2D eigenvalue weighted by Crippen LogP contribution is 2.36. The van der Waals surface area contributed by atoms with Gasteiger partial charge in [0.05, 0.1) is 17.4 Å². The molecule has 1 aromatic carbocycles. The Morgan fingerprint density at radius 2 is 2.22 bits per heavy atom. The summed E-state index contributed by atoms with van der Waals surface area (Å²) in [6.07, 6.45) is 0.859. The molecule has 0 aliphatic carbocycles. The Morgan fingerprint density at radius 1 is 1.52 bits per heavy atom. The van der Waals surface area contributed by atoms with Crippen LogP contribution in [0.5, 0.6) is 0 Å². The summed E-state index contributed by atoms with van der Waals surface area (Å²) >= 11 is 0. The summed E-state index contributed by atoms with van der Waals surface area (Å²) in [5, 5.41) is 10.6. The zero-order chi connectivity index (χ0) is 17.2. The number of hydrogen-bond donors (Lipinski definition) is 0. The molecule has 1 unspecified atom stereocenters. The Morgan fingerprint density at radius 3 is 2.78 bits per heavy atom. The third-order valence-corrected chi connectivity index (χ3v) is 4.62. The first-order valence-electron chi connectivity index (χ1n) is 7.49. The van der Waals surface area contributed by atoms with Gasteiger partial charge in [-0.2, -0.15) is 4.39 Å². The van der Waals surface area contributed by atoms with Gasteiger partial charge < -0.3 is 4.74 Å². The zero-order valence-electron chi connectivity index (χ0n) is 13.5. The predicted molar refractivity (Wildman–Crippen MR) is 82.2 cm³/mol. The minimum atomic E-state index is -0.821. The van der Waals surface area contributed by atoms with E-state index in [9.17, 15) is 19.3 Å². The number of nitro groups is 1. The van der Waals surface area contributed by atoms with E-state index < -0.39 is 21.8 Å². The van der Waals surface area contributed by atoms with Crippen molar-refractivity contribution in [2.75, 3.05) is 20.2 Å². The normalized spacial score (nSPS) is 18.9. The highest BCUT2D eigenvalue weighted by atomic mass is 19.1. The molecule has 23 heavy (non-hydrogen) atoms. The standard InChI is InChI=1S/C16H21FN2O4/c1-16(2,15(20)23-3)12-6-7-18(10-12)9-11-4-5-14(19(21)22)13(17)8-11/h4-5,8,12H,6-7,9-10H2,1-3H3. The van der Waals surface area contributed by atoms with Crippen molar-refractivity contribution in [2.45, 2.75) is 26.8 Å². The van der Waals surface area contributed by atoms with Crippen LogP contribution in [0.1, 0.15) is 25.8 Å². The van der Waals surface area contributed by atoms with E-state index in [4.69, 9.17) is 4.74 Å². The van der Waals surface area contributed by atoms with Gasteiger partial charge in [0, 0.05) is 19.2 Å². The number of esters is 1. The van der Waals surface area contributed by atoms with Gasteiger partial charge in [-0.3, -0.25) is 19.8 Å². The molecule has 1 atom stereocenters. The maximum absolute atomic E-state index is 13.7. The molecular formula is C16H21FN2O4. The van der Waals surface area contributed by atoms with E-state index in [1.54, 1.807) is 6.07 Å². The molecule has 126 valence electrons. The van der Waals surface area contributed by atoms with Gasteiger partial charge in [-0.05, 0) is 44.4 Å². The van der Waals surface area contributed by atoms with Crippen molar-refractivity contribution in [1.82, 2.24) is 4.90 Å². The van der Waals surface area contributed by atoms with Crippen molar-refractivity contribution in [3.05, 3.63) is 39.7 Å². The molecule has 1 aromatic rings. The maximum Gasteiger partial charge on any atom is 0.311 e. The van der Waals surface area contributed by atoms with Crippen LogP contribution in [0.25, 0.3) is 0 Å². The fraction of sp³-hybridized carbons (Fsp3) is 0.562. The third kappa shape index (κ3) is 3.67. The number of likely N-dealkylation sites (tertiary alicyclic amines) is 1. The fourth-order valence-corrected chi connectivity index (χ4v) is 3.05. The number of halogens is 1. The summed E-state index contributed by atoms with van der Waals surface area (Å²) in [6.45, 7) is 5.75. The lowest BCUT2D eigenvalue weighted by Gasteiger charge is -2.28. The highest BCUT2D eigenvalue weighted by Gasteiger charge is 2.41. The van der Waals surface area contributed by atoms with Gasteiger partial charge in [0.15, 0.2) is 0 Å². The summed E-state index contributed by atoms with van der Waals surface area (Å²) < 4.78 is 18.5. The first kappa shape index (κ1) is 17.3. The van der Waals surface area contributed by atoms with Crippen LogP contribution >= 0.6 is 0 Å². The molecule has 0 radical (unpaired) electrons.